The third kappa shape index (κ3) is 8.29. The Labute approximate surface area is 179 Å². The smallest absolute Gasteiger partial charge is 0.262 e. The number of rotatable bonds is 7. The average molecular weight is 428 g/mol. The Balaban J connectivity index is 2.14. The third-order valence-electron chi connectivity index (χ3n) is 3.36. The van der Waals surface area contributed by atoms with Crippen molar-refractivity contribution in [3.8, 4) is 10.6 Å². The van der Waals surface area contributed by atoms with E-state index in [2.05, 4.69) is 21.9 Å². The lowest BCUT2D eigenvalue weighted by atomic mass is 10.2. The van der Waals surface area contributed by atoms with E-state index in [0.717, 1.165) is 15.4 Å². The van der Waals surface area contributed by atoms with Gasteiger partial charge in [0.05, 0.1) is 0 Å². The Kier molecular flexibility index (Phi) is 9.08. The molecule has 0 saturated carbocycles. The van der Waals surface area contributed by atoms with Gasteiger partial charge < -0.3 is 10.1 Å². The number of ether oxygens (including phenoxy) is 1. The summed E-state index contributed by atoms with van der Waals surface area (Å²) in [6.45, 7) is 7.26. The number of nitrogens with one attached hydrogen (secondary N) is 1. The summed E-state index contributed by atoms with van der Waals surface area (Å²) in [7, 11) is 0. The predicted octanol–water partition coefficient (Wildman–Crippen LogP) is 5.81. The molecule has 7 heteroatoms. The van der Waals surface area contributed by atoms with E-state index in [1.54, 1.807) is 42.9 Å². The molecule has 0 spiro atoms. The van der Waals surface area contributed by atoms with Crippen molar-refractivity contribution in [2.75, 3.05) is 11.9 Å². The highest BCUT2D eigenvalue weighted by atomic mass is 35.5. The molecule has 1 amide bonds. The number of aryl methyl sites for hydroxylation is 1. The molecular weight excluding hydrogens is 406 g/mol. The topological polar surface area (TPSA) is 64.1 Å². The Morgan fingerprint density at radius 1 is 1.34 bits per heavy atom. The van der Waals surface area contributed by atoms with Crippen LogP contribution < -0.4 is 5.32 Å². The van der Waals surface area contributed by atoms with Crippen molar-refractivity contribution < 1.29 is 9.53 Å². The number of hydrogen-bond donors (Lipinski definition) is 1. The zero-order chi connectivity index (χ0) is 21.1. The minimum absolute atomic E-state index is 0.151. The quantitative estimate of drug-likeness (QED) is 0.447. The van der Waals surface area contributed by atoms with Crippen LogP contribution in [0.15, 0.2) is 84.5 Å². The van der Waals surface area contributed by atoms with Crippen LogP contribution in [0.5, 0.6) is 0 Å². The third-order valence-corrected chi connectivity index (χ3v) is 4.43. The number of anilines is 1. The highest BCUT2D eigenvalue weighted by Crippen LogP contribution is 2.24. The van der Waals surface area contributed by atoms with Gasteiger partial charge in [-0.2, -0.15) is 0 Å². The first-order valence-corrected chi connectivity index (χ1v) is 10.00. The van der Waals surface area contributed by atoms with E-state index in [0.29, 0.717) is 16.5 Å². The van der Waals surface area contributed by atoms with Crippen molar-refractivity contribution in [2.45, 2.75) is 13.8 Å². The Morgan fingerprint density at radius 2 is 2.17 bits per heavy atom. The molecule has 1 aromatic heterocycles. The minimum atomic E-state index is -0.286. The molecule has 0 fully saturated rings. The molecule has 0 aliphatic rings. The molecule has 0 saturated heterocycles. The number of hydrogen-bond acceptors (Lipinski definition) is 5. The summed E-state index contributed by atoms with van der Waals surface area (Å²) in [5.74, 6) is 0.176. The molecule has 0 atom stereocenters. The summed E-state index contributed by atoms with van der Waals surface area (Å²) in [6.07, 6.45) is 10.2. The van der Waals surface area contributed by atoms with Crippen molar-refractivity contribution in [3.05, 3.63) is 89.4 Å². The second kappa shape index (κ2) is 11.8. The van der Waals surface area contributed by atoms with Gasteiger partial charge in [-0.05, 0) is 44.2 Å². The average Bonchev–Trinajstić information content (AvgIpc) is 2.78. The standard InChI is InChI=1S/C22H22ClN3O2S/c1-4-7-20(12-16(2)23)28-15-21(27)26-19-9-5-8-18(13-19)22-25-11-6-10-24-14-17(3)29-22/h4-14H,2,15H2,1,3H3,(H,26,27)/b7-4-,11-6?,17-14?,20-12+,24-10?,25-22?. The van der Waals surface area contributed by atoms with Gasteiger partial charge in [0.1, 0.15) is 10.8 Å². The van der Waals surface area contributed by atoms with E-state index in [-0.39, 0.29) is 12.5 Å². The van der Waals surface area contributed by atoms with Crippen LogP contribution in [0.25, 0.3) is 10.6 Å². The maximum absolute atomic E-state index is 12.3. The van der Waals surface area contributed by atoms with Gasteiger partial charge in [0.25, 0.3) is 5.91 Å². The number of nitrogens with zero attached hydrogens (tertiary/aromatic N) is 2. The number of carbonyl (C=O) groups is 1. The number of allylic oxidation sites excluding steroid dienone is 4. The van der Waals surface area contributed by atoms with E-state index in [1.165, 1.54) is 11.3 Å². The lowest BCUT2D eigenvalue weighted by molar-refractivity contribution is -0.119. The van der Waals surface area contributed by atoms with Gasteiger partial charge in [-0.25, -0.2) is 4.98 Å². The van der Waals surface area contributed by atoms with Crippen LogP contribution >= 0.6 is 22.9 Å². The zero-order valence-electron chi connectivity index (χ0n) is 16.3. The summed E-state index contributed by atoms with van der Waals surface area (Å²) >= 11 is 7.28. The summed E-state index contributed by atoms with van der Waals surface area (Å²) < 4.78 is 5.49. The van der Waals surface area contributed by atoms with Crippen molar-refractivity contribution in [1.29, 1.82) is 0 Å². The maximum atomic E-state index is 12.3. The molecule has 0 radical (unpaired) electrons. The molecule has 2 rings (SSSR count). The maximum Gasteiger partial charge on any atom is 0.262 e. The number of halogens is 1. The van der Waals surface area contributed by atoms with E-state index >= 15 is 0 Å². The van der Waals surface area contributed by atoms with Crippen molar-refractivity contribution in [1.82, 2.24) is 9.97 Å². The molecule has 1 aromatic carbocycles. The van der Waals surface area contributed by atoms with Gasteiger partial charge in [0.2, 0.25) is 0 Å². The van der Waals surface area contributed by atoms with Crippen LogP contribution in [0.1, 0.15) is 11.8 Å². The van der Waals surface area contributed by atoms with Crippen molar-refractivity contribution in [3.63, 3.8) is 0 Å². The Morgan fingerprint density at radius 3 is 2.93 bits per heavy atom. The largest absolute Gasteiger partial charge is 0.484 e. The SMILES string of the molecule is C=C(Cl)/C=C(\C=C/C)OCC(=O)Nc1cccc(-c2ncccncc(C)s2)c1. The number of benzene rings is 1. The highest BCUT2D eigenvalue weighted by Gasteiger charge is 2.06. The lowest BCUT2D eigenvalue weighted by Gasteiger charge is -2.09. The minimum Gasteiger partial charge on any atom is -0.484 e. The molecule has 1 heterocycles. The van der Waals surface area contributed by atoms with Crippen LogP contribution in [0.4, 0.5) is 5.69 Å². The highest BCUT2D eigenvalue weighted by molar-refractivity contribution is 7.14. The molecule has 150 valence electrons. The summed E-state index contributed by atoms with van der Waals surface area (Å²) in [5, 5.41) is 3.97. The molecule has 2 aromatic rings. The summed E-state index contributed by atoms with van der Waals surface area (Å²) in [5.41, 5.74) is 1.54. The molecule has 1 N–H and O–H groups in total. The van der Waals surface area contributed by atoms with Crippen LogP contribution in [0.2, 0.25) is 0 Å². The van der Waals surface area contributed by atoms with E-state index in [1.807, 2.05) is 38.1 Å². The summed E-state index contributed by atoms with van der Waals surface area (Å²) in [6, 6.07) is 9.25. The van der Waals surface area contributed by atoms with E-state index in [4.69, 9.17) is 16.3 Å². The normalized spacial score (nSPS) is 11.1. The van der Waals surface area contributed by atoms with E-state index in [9.17, 15) is 4.79 Å². The molecule has 5 nitrogen and oxygen atoms in total. The van der Waals surface area contributed by atoms with Gasteiger partial charge in [-0.1, -0.05) is 36.4 Å². The first kappa shape index (κ1) is 22.3. The second-order valence-corrected chi connectivity index (χ2v) is 7.55. The van der Waals surface area contributed by atoms with Crippen LogP contribution in [0, 0.1) is 6.92 Å². The van der Waals surface area contributed by atoms with Crippen molar-refractivity contribution >= 4 is 34.5 Å². The summed E-state index contributed by atoms with van der Waals surface area (Å²) in [4.78, 5) is 21.9. The van der Waals surface area contributed by atoms with Gasteiger partial charge in [-0.3, -0.25) is 9.78 Å². The fraction of sp³-hybridized carbons (Fsp3) is 0.136. The molecule has 0 bridgehead atoms. The Bertz CT molecular complexity index is 981. The molecular formula is C22H22ClN3O2S. The number of amides is 1. The molecule has 29 heavy (non-hydrogen) atoms. The van der Waals surface area contributed by atoms with Gasteiger partial charge >= 0.3 is 0 Å². The van der Waals surface area contributed by atoms with Gasteiger partial charge in [-0.15, -0.1) is 11.3 Å². The van der Waals surface area contributed by atoms with Crippen LogP contribution in [0.3, 0.4) is 0 Å². The first-order valence-electron chi connectivity index (χ1n) is 8.80. The number of aromatic nitrogens is 2. The monoisotopic (exact) mass is 427 g/mol. The molecule has 0 unspecified atom stereocenters. The molecule has 0 aliphatic carbocycles. The van der Waals surface area contributed by atoms with Gasteiger partial charge in [0, 0.05) is 39.8 Å². The number of carbonyl (C=O) groups excluding carboxylic acids is 1. The van der Waals surface area contributed by atoms with Crippen LogP contribution in [-0.2, 0) is 9.53 Å². The predicted molar refractivity (Wildman–Crippen MR) is 120 cm³/mol. The zero-order valence-corrected chi connectivity index (χ0v) is 17.8. The van der Waals surface area contributed by atoms with Crippen LogP contribution in [-0.4, -0.2) is 22.5 Å². The fourth-order valence-corrected chi connectivity index (χ4v) is 3.10. The lowest BCUT2D eigenvalue weighted by Crippen LogP contribution is -2.18. The Hall–Kier alpha value is -2.96. The molecule has 0 aliphatic heterocycles. The second-order valence-electron chi connectivity index (χ2n) is 5.83. The van der Waals surface area contributed by atoms with Crippen molar-refractivity contribution in [2.24, 2.45) is 0 Å². The van der Waals surface area contributed by atoms with Gasteiger partial charge in [0.15, 0.2) is 6.61 Å². The van der Waals surface area contributed by atoms with E-state index < -0.39 is 0 Å². The fourth-order valence-electron chi connectivity index (χ4n) is 2.22. The first-order chi connectivity index (χ1) is 14.0.